The van der Waals surface area contributed by atoms with Crippen LogP contribution in [0.15, 0.2) is 64.8 Å². The summed E-state index contributed by atoms with van der Waals surface area (Å²) < 4.78 is 4.78. The topological polar surface area (TPSA) is 72.8 Å². The maximum absolute atomic E-state index is 13.3. The van der Waals surface area contributed by atoms with Crippen molar-refractivity contribution in [2.75, 3.05) is 7.11 Å². The standard InChI is InChI=1S/C24H19NO4/c1-29-24(28)14-11-9-13(10-12-14)19-20-17(7-4-8-18(20)26)25-22-15-5-2-3-6-16(15)23(27)21(19)22/h2-3,5-6,9-12,19,21H,4,7-8H2,1H3/t19-,21+/m0/s1. The number of ketones is 2. The number of methoxy groups -OCH3 is 1. The van der Waals surface area contributed by atoms with Crippen LogP contribution < -0.4 is 0 Å². The number of aliphatic imine (C=N–C) groups is 1. The monoisotopic (exact) mass is 385 g/mol. The van der Waals surface area contributed by atoms with Gasteiger partial charge in [-0.2, -0.15) is 0 Å². The highest BCUT2D eigenvalue weighted by molar-refractivity contribution is 6.30. The van der Waals surface area contributed by atoms with Crippen molar-refractivity contribution < 1.29 is 19.1 Å². The molecule has 0 fully saturated rings. The summed E-state index contributed by atoms with van der Waals surface area (Å²) in [6.45, 7) is 0. The summed E-state index contributed by atoms with van der Waals surface area (Å²) in [5.41, 5.74) is 5.05. The van der Waals surface area contributed by atoms with E-state index in [1.165, 1.54) is 7.11 Å². The van der Waals surface area contributed by atoms with Crippen molar-refractivity contribution in [1.29, 1.82) is 0 Å². The Labute approximate surface area is 168 Å². The van der Waals surface area contributed by atoms with E-state index in [9.17, 15) is 14.4 Å². The van der Waals surface area contributed by atoms with Crippen LogP contribution in [0.3, 0.4) is 0 Å². The third-order valence-electron chi connectivity index (χ3n) is 6.06. The van der Waals surface area contributed by atoms with Crippen LogP contribution in [0.5, 0.6) is 0 Å². The van der Waals surface area contributed by atoms with Crippen molar-refractivity contribution in [1.82, 2.24) is 0 Å². The molecule has 0 radical (unpaired) electrons. The number of benzene rings is 2. The van der Waals surface area contributed by atoms with E-state index in [1.807, 2.05) is 36.4 Å². The van der Waals surface area contributed by atoms with E-state index in [2.05, 4.69) is 0 Å². The molecule has 144 valence electrons. The normalized spacial score (nSPS) is 22.6. The molecule has 29 heavy (non-hydrogen) atoms. The van der Waals surface area contributed by atoms with Gasteiger partial charge < -0.3 is 4.74 Å². The van der Waals surface area contributed by atoms with Crippen molar-refractivity contribution >= 4 is 23.2 Å². The smallest absolute Gasteiger partial charge is 0.337 e. The van der Waals surface area contributed by atoms with E-state index in [-0.39, 0.29) is 17.5 Å². The summed E-state index contributed by atoms with van der Waals surface area (Å²) in [4.78, 5) is 42.8. The quantitative estimate of drug-likeness (QED) is 0.736. The SMILES string of the molecule is COC(=O)c1ccc([C@H]2C3=C(CCCC3=O)N=C3c4ccccc4C(=O)[C@@H]32)cc1. The van der Waals surface area contributed by atoms with Gasteiger partial charge in [-0.25, -0.2) is 4.79 Å². The second-order valence-electron chi connectivity index (χ2n) is 7.61. The molecule has 3 aliphatic rings. The third kappa shape index (κ3) is 2.61. The molecular formula is C24H19NO4. The largest absolute Gasteiger partial charge is 0.465 e. The molecule has 2 aromatic carbocycles. The van der Waals surface area contributed by atoms with E-state index in [4.69, 9.17) is 9.73 Å². The second kappa shape index (κ2) is 6.62. The first-order valence-electron chi connectivity index (χ1n) is 9.77. The molecule has 0 saturated heterocycles. The molecule has 0 bridgehead atoms. The van der Waals surface area contributed by atoms with Gasteiger partial charge in [0.25, 0.3) is 0 Å². The molecular weight excluding hydrogens is 366 g/mol. The zero-order valence-electron chi connectivity index (χ0n) is 16.0. The van der Waals surface area contributed by atoms with Crippen LogP contribution in [0.4, 0.5) is 0 Å². The molecule has 5 nitrogen and oxygen atoms in total. The minimum absolute atomic E-state index is 0.00585. The number of nitrogens with zero attached hydrogens (tertiary/aromatic N) is 1. The summed E-state index contributed by atoms with van der Waals surface area (Å²) in [5, 5.41) is 0. The Morgan fingerprint density at radius 3 is 2.41 bits per heavy atom. The predicted octanol–water partition coefficient (Wildman–Crippen LogP) is 3.88. The zero-order valence-corrected chi connectivity index (χ0v) is 16.0. The lowest BCUT2D eigenvalue weighted by Crippen LogP contribution is -2.33. The second-order valence-corrected chi connectivity index (χ2v) is 7.61. The van der Waals surface area contributed by atoms with Gasteiger partial charge in [-0.1, -0.05) is 36.4 Å². The number of Topliss-reactive ketones (excluding diaryl/α,β-unsaturated/α-hetero) is 2. The molecule has 0 spiro atoms. The van der Waals surface area contributed by atoms with E-state index in [1.54, 1.807) is 12.1 Å². The van der Waals surface area contributed by atoms with Crippen LogP contribution in [0, 0.1) is 5.92 Å². The Kier molecular flexibility index (Phi) is 4.05. The van der Waals surface area contributed by atoms with Gasteiger partial charge in [-0.3, -0.25) is 14.6 Å². The summed E-state index contributed by atoms with van der Waals surface area (Å²) in [6.07, 6.45) is 2.00. The fourth-order valence-electron chi connectivity index (χ4n) is 4.75. The van der Waals surface area contributed by atoms with Gasteiger partial charge in [0, 0.05) is 34.7 Å². The number of allylic oxidation sites excluding steroid dienone is 2. The first-order chi connectivity index (χ1) is 14.1. The Hall–Kier alpha value is -3.34. The third-order valence-corrected chi connectivity index (χ3v) is 6.06. The lowest BCUT2D eigenvalue weighted by molar-refractivity contribution is -0.116. The molecule has 0 N–H and O–H groups in total. The number of esters is 1. The number of hydrogen-bond acceptors (Lipinski definition) is 5. The lowest BCUT2D eigenvalue weighted by atomic mass is 9.71. The summed E-state index contributed by atoms with van der Waals surface area (Å²) >= 11 is 0. The van der Waals surface area contributed by atoms with Crippen molar-refractivity contribution in [2.45, 2.75) is 25.2 Å². The van der Waals surface area contributed by atoms with Crippen LogP contribution in [-0.2, 0) is 9.53 Å². The Bertz CT molecular complexity index is 1120. The van der Waals surface area contributed by atoms with Gasteiger partial charge in [-0.05, 0) is 30.5 Å². The van der Waals surface area contributed by atoms with Crippen LogP contribution in [0.1, 0.15) is 57.0 Å². The Morgan fingerprint density at radius 1 is 0.966 bits per heavy atom. The van der Waals surface area contributed by atoms with E-state index in [0.29, 0.717) is 23.1 Å². The zero-order chi connectivity index (χ0) is 20.1. The van der Waals surface area contributed by atoms with Gasteiger partial charge >= 0.3 is 5.97 Å². The van der Waals surface area contributed by atoms with E-state index >= 15 is 0 Å². The number of carbonyl (C=O) groups is 3. The fourth-order valence-corrected chi connectivity index (χ4v) is 4.75. The van der Waals surface area contributed by atoms with Gasteiger partial charge in [0.1, 0.15) is 0 Å². The molecule has 0 aromatic heterocycles. The number of fused-ring (bicyclic) bond motifs is 3. The van der Waals surface area contributed by atoms with Gasteiger partial charge in [0.05, 0.1) is 24.3 Å². The van der Waals surface area contributed by atoms with Crippen LogP contribution in [-0.4, -0.2) is 30.4 Å². The number of ether oxygens (including phenoxy) is 1. The summed E-state index contributed by atoms with van der Waals surface area (Å²) in [7, 11) is 1.34. The molecule has 1 heterocycles. The van der Waals surface area contributed by atoms with Gasteiger partial charge in [-0.15, -0.1) is 0 Å². The van der Waals surface area contributed by atoms with Crippen LogP contribution >= 0.6 is 0 Å². The molecule has 5 rings (SSSR count). The maximum Gasteiger partial charge on any atom is 0.337 e. The number of hydrogen-bond donors (Lipinski definition) is 0. The van der Waals surface area contributed by atoms with E-state index in [0.717, 1.165) is 35.4 Å². The van der Waals surface area contributed by atoms with Crippen molar-refractivity contribution in [2.24, 2.45) is 10.9 Å². The summed E-state index contributed by atoms with van der Waals surface area (Å²) in [6, 6.07) is 14.5. The Morgan fingerprint density at radius 2 is 1.69 bits per heavy atom. The summed E-state index contributed by atoms with van der Waals surface area (Å²) in [5.74, 6) is -1.22. The Balaban J connectivity index is 1.68. The highest BCUT2D eigenvalue weighted by atomic mass is 16.5. The molecule has 2 atom stereocenters. The van der Waals surface area contributed by atoms with Gasteiger partial charge in [0.2, 0.25) is 0 Å². The van der Waals surface area contributed by atoms with Crippen LogP contribution in [0.25, 0.3) is 0 Å². The average molecular weight is 385 g/mol. The number of carbonyl (C=O) groups excluding carboxylic acids is 3. The van der Waals surface area contributed by atoms with Crippen molar-refractivity contribution in [3.63, 3.8) is 0 Å². The first-order valence-corrected chi connectivity index (χ1v) is 9.77. The first kappa shape index (κ1) is 17.7. The lowest BCUT2D eigenvalue weighted by Gasteiger charge is -2.33. The maximum atomic E-state index is 13.3. The van der Waals surface area contributed by atoms with Crippen molar-refractivity contribution in [3.8, 4) is 0 Å². The van der Waals surface area contributed by atoms with E-state index < -0.39 is 11.9 Å². The van der Waals surface area contributed by atoms with Crippen LogP contribution in [0.2, 0.25) is 0 Å². The molecule has 5 heteroatoms. The average Bonchev–Trinajstić information content (AvgIpc) is 3.04. The molecule has 1 aliphatic heterocycles. The molecule has 2 aromatic rings. The highest BCUT2D eigenvalue weighted by Crippen LogP contribution is 2.48. The molecule has 0 saturated carbocycles. The minimum Gasteiger partial charge on any atom is -0.465 e. The minimum atomic E-state index is -0.503. The number of rotatable bonds is 2. The molecule has 2 aliphatic carbocycles. The predicted molar refractivity (Wildman–Crippen MR) is 107 cm³/mol. The highest BCUT2D eigenvalue weighted by Gasteiger charge is 2.48. The fraction of sp³-hybridized carbons (Fsp3) is 0.250. The molecule has 0 unspecified atom stereocenters. The van der Waals surface area contributed by atoms with Gasteiger partial charge in [0.15, 0.2) is 11.6 Å². The van der Waals surface area contributed by atoms with Crippen molar-refractivity contribution in [3.05, 3.63) is 82.1 Å². The molecule has 0 amide bonds.